The zero-order valence-electron chi connectivity index (χ0n) is 13.4. The molecular formula is C18H18N2O5. The second-order valence-corrected chi connectivity index (χ2v) is 5.54. The standard InChI is InChI=1S/C18H18N2O5/c21-17(22)14(10-12-4-2-1-3-5-12)20-18(23)19-13-6-7-15-16(11-13)25-9-8-24-15/h1-7,11,14H,8-10H2,(H,21,22)(H2,19,20,23). The number of urea groups is 1. The van der Waals surface area contributed by atoms with Crippen LogP contribution in [-0.4, -0.2) is 36.4 Å². The number of fused-ring (bicyclic) bond motifs is 1. The van der Waals surface area contributed by atoms with Crippen LogP contribution in [-0.2, 0) is 11.2 Å². The molecule has 1 heterocycles. The number of rotatable bonds is 5. The average Bonchev–Trinajstić information content (AvgIpc) is 2.62. The number of anilines is 1. The molecule has 0 fully saturated rings. The van der Waals surface area contributed by atoms with Crippen molar-refractivity contribution in [3.8, 4) is 11.5 Å². The fourth-order valence-corrected chi connectivity index (χ4v) is 2.50. The first-order chi connectivity index (χ1) is 12.1. The summed E-state index contributed by atoms with van der Waals surface area (Å²) in [4.78, 5) is 23.5. The monoisotopic (exact) mass is 342 g/mol. The molecular weight excluding hydrogens is 324 g/mol. The zero-order chi connectivity index (χ0) is 17.6. The molecule has 7 heteroatoms. The van der Waals surface area contributed by atoms with Crippen molar-refractivity contribution in [2.45, 2.75) is 12.5 Å². The molecule has 0 saturated heterocycles. The van der Waals surface area contributed by atoms with E-state index in [4.69, 9.17) is 9.47 Å². The Morgan fingerprint density at radius 2 is 1.76 bits per heavy atom. The van der Waals surface area contributed by atoms with Crippen molar-refractivity contribution in [1.82, 2.24) is 5.32 Å². The molecule has 2 amide bonds. The summed E-state index contributed by atoms with van der Waals surface area (Å²) in [7, 11) is 0. The number of carboxylic acid groups (broad SMARTS) is 1. The summed E-state index contributed by atoms with van der Waals surface area (Å²) < 4.78 is 10.9. The van der Waals surface area contributed by atoms with E-state index in [1.54, 1.807) is 18.2 Å². The number of carboxylic acids is 1. The Labute approximate surface area is 144 Å². The highest BCUT2D eigenvalue weighted by atomic mass is 16.6. The van der Waals surface area contributed by atoms with Gasteiger partial charge in [-0.2, -0.15) is 0 Å². The highest BCUT2D eigenvalue weighted by Crippen LogP contribution is 2.32. The first kappa shape index (κ1) is 16.6. The van der Waals surface area contributed by atoms with Crippen LogP contribution in [0.3, 0.4) is 0 Å². The normalized spacial score (nSPS) is 13.6. The van der Waals surface area contributed by atoms with Crippen molar-refractivity contribution < 1.29 is 24.2 Å². The highest BCUT2D eigenvalue weighted by Gasteiger charge is 2.21. The van der Waals surface area contributed by atoms with E-state index in [1.807, 2.05) is 30.3 Å². The Morgan fingerprint density at radius 3 is 2.48 bits per heavy atom. The van der Waals surface area contributed by atoms with E-state index in [0.717, 1.165) is 5.56 Å². The fraction of sp³-hybridized carbons (Fsp3) is 0.222. The van der Waals surface area contributed by atoms with Gasteiger partial charge < -0.3 is 25.2 Å². The van der Waals surface area contributed by atoms with Gasteiger partial charge in [-0.25, -0.2) is 9.59 Å². The predicted octanol–water partition coefficient (Wildman–Crippen LogP) is 2.28. The van der Waals surface area contributed by atoms with Crippen LogP contribution in [0.4, 0.5) is 10.5 Å². The van der Waals surface area contributed by atoms with Gasteiger partial charge in [-0.1, -0.05) is 30.3 Å². The van der Waals surface area contributed by atoms with Crippen LogP contribution in [0.2, 0.25) is 0 Å². The number of nitrogens with one attached hydrogen (secondary N) is 2. The largest absolute Gasteiger partial charge is 0.486 e. The Bertz CT molecular complexity index is 763. The van der Waals surface area contributed by atoms with Crippen LogP contribution >= 0.6 is 0 Å². The molecule has 1 aliphatic heterocycles. The van der Waals surface area contributed by atoms with E-state index >= 15 is 0 Å². The second kappa shape index (κ2) is 7.57. The SMILES string of the molecule is O=C(Nc1ccc2c(c1)OCCO2)NC(Cc1ccccc1)C(=O)O. The molecule has 2 aromatic rings. The van der Waals surface area contributed by atoms with Crippen LogP contribution in [0, 0.1) is 0 Å². The van der Waals surface area contributed by atoms with E-state index in [0.29, 0.717) is 30.4 Å². The summed E-state index contributed by atoms with van der Waals surface area (Å²) in [5.74, 6) is 0.0639. The molecule has 0 bridgehead atoms. The van der Waals surface area contributed by atoms with E-state index in [-0.39, 0.29) is 6.42 Å². The molecule has 1 unspecified atom stereocenters. The van der Waals surface area contributed by atoms with Gasteiger partial charge in [0.2, 0.25) is 0 Å². The third-order valence-corrected chi connectivity index (χ3v) is 3.69. The van der Waals surface area contributed by atoms with Crippen LogP contribution < -0.4 is 20.1 Å². The summed E-state index contributed by atoms with van der Waals surface area (Å²) in [5.41, 5.74) is 1.32. The minimum atomic E-state index is -1.10. The molecule has 3 rings (SSSR count). The van der Waals surface area contributed by atoms with Crippen LogP contribution in [0.1, 0.15) is 5.56 Å². The van der Waals surface area contributed by atoms with E-state index in [1.165, 1.54) is 0 Å². The lowest BCUT2D eigenvalue weighted by Gasteiger charge is -2.19. The molecule has 0 radical (unpaired) electrons. The van der Waals surface area contributed by atoms with Crippen molar-refractivity contribution in [3.63, 3.8) is 0 Å². The van der Waals surface area contributed by atoms with Gasteiger partial charge >= 0.3 is 12.0 Å². The number of hydrogen-bond donors (Lipinski definition) is 3. The van der Waals surface area contributed by atoms with Crippen LogP contribution in [0.25, 0.3) is 0 Å². The number of carbonyl (C=O) groups is 2. The van der Waals surface area contributed by atoms with Crippen molar-refractivity contribution in [3.05, 3.63) is 54.1 Å². The molecule has 1 aliphatic rings. The quantitative estimate of drug-likeness (QED) is 0.774. The summed E-state index contributed by atoms with van der Waals surface area (Å²) in [6.07, 6.45) is 0.199. The van der Waals surface area contributed by atoms with E-state index < -0.39 is 18.0 Å². The predicted molar refractivity (Wildman–Crippen MR) is 91.2 cm³/mol. The second-order valence-electron chi connectivity index (χ2n) is 5.54. The number of amides is 2. The molecule has 7 nitrogen and oxygen atoms in total. The molecule has 3 N–H and O–H groups in total. The first-order valence-electron chi connectivity index (χ1n) is 7.86. The Morgan fingerprint density at radius 1 is 1.04 bits per heavy atom. The maximum absolute atomic E-state index is 12.1. The summed E-state index contributed by atoms with van der Waals surface area (Å²) in [6, 6.07) is 12.5. The van der Waals surface area contributed by atoms with Gasteiger partial charge in [0, 0.05) is 18.2 Å². The topological polar surface area (TPSA) is 96.9 Å². The van der Waals surface area contributed by atoms with Gasteiger partial charge in [0.15, 0.2) is 11.5 Å². The van der Waals surface area contributed by atoms with Gasteiger partial charge in [-0.15, -0.1) is 0 Å². The van der Waals surface area contributed by atoms with Crippen molar-refractivity contribution >= 4 is 17.7 Å². The van der Waals surface area contributed by atoms with Crippen molar-refractivity contribution in [1.29, 1.82) is 0 Å². The highest BCUT2D eigenvalue weighted by molar-refractivity contribution is 5.92. The van der Waals surface area contributed by atoms with Crippen LogP contribution in [0.15, 0.2) is 48.5 Å². The summed E-state index contributed by atoms with van der Waals surface area (Å²) in [5, 5.41) is 14.4. The van der Waals surface area contributed by atoms with Crippen molar-refractivity contribution in [2.75, 3.05) is 18.5 Å². The van der Waals surface area contributed by atoms with Crippen LogP contribution in [0.5, 0.6) is 11.5 Å². The Balaban J connectivity index is 1.62. The van der Waals surface area contributed by atoms with Gasteiger partial charge in [0.05, 0.1) is 0 Å². The number of ether oxygens (including phenoxy) is 2. The number of carbonyl (C=O) groups excluding carboxylic acids is 1. The molecule has 1 atom stereocenters. The van der Waals surface area contributed by atoms with E-state index in [2.05, 4.69) is 10.6 Å². The van der Waals surface area contributed by atoms with E-state index in [9.17, 15) is 14.7 Å². The molecule has 0 spiro atoms. The lowest BCUT2D eigenvalue weighted by atomic mass is 10.1. The Kier molecular flexibility index (Phi) is 5.03. The molecule has 25 heavy (non-hydrogen) atoms. The summed E-state index contributed by atoms with van der Waals surface area (Å²) in [6.45, 7) is 0.931. The number of hydrogen-bond acceptors (Lipinski definition) is 4. The number of aliphatic carboxylic acids is 1. The third kappa shape index (κ3) is 4.41. The smallest absolute Gasteiger partial charge is 0.326 e. The van der Waals surface area contributed by atoms with Gasteiger partial charge in [0.25, 0.3) is 0 Å². The van der Waals surface area contributed by atoms with Gasteiger partial charge in [0.1, 0.15) is 19.3 Å². The Hall–Kier alpha value is -3.22. The molecule has 0 aromatic heterocycles. The minimum absolute atomic E-state index is 0.199. The molecule has 2 aromatic carbocycles. The zero-order valence-corrected chi connectivity index (χ0v) is 13.4. The molecule has 130 valence electrons. The lowest BCUT2D eigenvalue weighted by molar-refractivity contribution is -0.139. The summed E-state index contributed by atoms with van der Waals surface area (Å²) >= 11 is 0. The first-order valence-corrected chi connectivity index (χ1v) is 7.86. The molecule has 0 saturated carbocycles. The minimum Gasteiger partial charge on any atom is -0.486 e. The van der Waals surface area contributed by atoms with Gasteiger partial charge in [-0.05, 0) is 17.7 Å². The van der Waals surface area contributed by atoms with Crippen molar-refractivity contribution in [2.24, 2.45) is 0 Å². The molecule has 0 aliphatic carbocycles. The average molecular weight is 342 g/mol. The maximum Gasteiger partial charge on any atom is 0.326 e. The van der Waals surface area contributed by atoms with Gasteiger partial charge in [-0.3, -0.25) is 0 Å². The maximum atomic E-state index is 12.1. The number of benzene rings is 2. The fourth-order valence-electron chi connectivity index (χ4n) is 2.50. The third-order valence-electron chi connectivity index (χ3n) is 3.69. The lowest BCUT2D eigenvalue weighted by Crippen LogP contribution is -2.44.